The number of hydrogen-bond acceptors (Lipinski definition) is 3. The maximum absolute atomic E-state index is 12.5. The van der Waals surface area contributed by atoms with Gasteiger partial charge in [0, 0.05) is 0 Å². The normalized spacial score (nSPS) is 12.5. The molecule has 0 saturated heterocycles. The standard InChI is InChI=1S/C17H16F3NO3/c18-17(19,20)14-8-6-13(7-9-14)15(22)10-21-16(23)24-11-12-4-2-1-3-5-12/h1-9,15,22H,10-11H2,(H,21,23). The van der Waals surface area contributed by atoms with Crippen LogP contribution in [-0.4, -0.2) is 17.7 Å². The number of aliphatic hydroxyl groups is 1. The molecule has 2 rings (SSSR count). The summed E-state index contributed by atoms with van der Waals surface area (Å²) >= 11 is 0. The zero-order chi connectivity index (χ0) is 17.6. The van der Waals surface area contributed by atoms with Crippen molar-refractivity contribution in [1.82, 2.24) is 5.32 Å². The van der Waals surface area contributed by atoms with Gasteiger partial charge in [0.2, 0.25) is 0 Å². The first kappa shape index (κ1) is 17.8. The fourth-order valence-electron chi connectivity index (χ4n) is 1.97. The van der Waals surface area contributed by atoms with Gasteiger partial charge in [-0.3, -0.25) is 0 Å². The van der Waals surface area contributed by atoms with E-state index in [2.05, 4.69) is 5.32 Å². The van der Waals surface area contributed by atoms with E-state index in [9.17, 15) is 23.1 Å². The lowest BCUT2D eigenvalue weighted by Gasteiger charge is -2.14. The number of nitrogens with one attached hydrogen (secondary N) is 1. The third-order valence-electron chi connectivity index (χ3n) is 3.28. The molecule has 1 unspecified atom stereocenters. The van der Waals surface area contributed by atoms with Crippen LogP contribution in [0.1, 0.15) is 22.8 Å². The predicted octanol–water partition coefficient (Wildman–Crippen LogP) is 3.67. The van der Waals surface area contributed by atoms with E-state index < -0.39 is 23.9 Å². The van der Waals surface area contributed by atoms with E-state index in [1.165, 1.54) is 12.1 Å². The lowest BCUT2D eigenvalue weighted by atomic mass is 10.1. The SMILES string of the molecule is O=C(NCC(O)c1ccc(C(F)(F)F)cc1)OCc1ccccc1. The highest BCUT2D eigenvalue weighted by Crippen LogP contribution is 2.29. The van der Waals surface area contributed by atoms with Gasteiger partial charge in [-0.2, -0.15) is 13.2 Å². The maximum Gasteiger partial charge on any atom is 0.416 e. The molecule has 7 heteroatoms. The summed E-state index contributed by atoms with van der Waals surface area (Å²) in [6.45, 7) is -0.0813. The van der Waals surface area contributed by atoms with Crippen molar-refractivity contribution in [1.29, 1.82) is 0 Å². The van der Waals surface area contributed by atoms with Gasteiger partial charge in [-0.05, 0) is 23.3 Å². The first-order valence-electron chi connectivity index (χ1n) is 7.16. The van der Waals surface area contributed by atoms with Gasteiger partial charge in [-0.25, -0.2) is 4.79 Å². The molecule has 1 amide bonds. The molecule has 2 N–H and O–H groups in total. The summed E-state index contributed by atoms with van der Waals surface area (Å²) in [7, 11) is 0. The summed E-state index contributed by atoms with van der Waals surface area (Å²) in [6.07, 6.45) is -6.27. The van der Waals surface area contributed by atoms with Gasteiger partial charge in [0.05, 0.1) is 18.2 Å². The summed E-state index contributed by atoms with van der Waals surface area (Å²) in [4.78, 5) is 11.5. The molecule has 128 valence electrons. The maximum atomic E-state index is 12.5. The Morgan fingerprint density at radius 2 is 1.71 bits per heavy atom. The highest BCUT2D eigenvalue weighted by Gasteiger charge is 2.30. The van der Waals surface area contributed by atoms with Crippen LogP contribution in [0.25, 0.3) is 0 Å². The molecular formula is C17H16F3NO3. The Hall–Kier alpha value is -2.54. The molecule has 2 aromatic carbocycles. The number of carbonyl (C=O) groups is 1. The van der Waals surface area contributed by atoms with Crippen molar-refractivity contribution in [3.8, 4) is 0 Å². The van der Waals surface area contributed by atoms with Crippen molar-refractivity contribution in [2.75, 3.05) is 6.54 Å². The Kier molecular flexibility index (Phi) is 5.81. The number of aliphatic hydroxyl groups excluding tert-OH is 1. The predicted molar refractivity (Wildman–Crippen MR) is 81.0 cm³/mol. The molecular weight excluding hydrogens is 323 g/mol. The van der Waals surface area contributed by atoms with E-state index >= 15 is 0 Å². The molecule has 0 fully saturated rings. The average molecular weight is 339 g/mol. The smallest absolute Gasteiger partial charge is 0.416 e. The first-order chi connectivity index (χ1) is 11.4. The van der Waals surface area contributed by atoms with Crippen molar-refractivity contribution in [2.24, 2.45) is 0 Å². The fraction of sp³-hybridized carbons (Fsp3) is 0.235. The number of carbonyl (C=O) groups excluding carboxylic acids is 1. The van der Waals surface area contributed by atoms with Crippen molar-refractivity contribution in [3.63, 3.8) is 0 Å². The van der Waals surface area contributed by atoms with E-state index in [4.69, 9.17) is 4.74 Å². The van der Waals surface area contributed by atoms with Crippen LogP contribution in [0.2, 0.25) is 0 Å². The van der Waals surface area contributed by atoms with E-state index in [1.807, 2.05) is 18.2 Å². The third-order valence-corrected chi connectivity index (χ3v) is 3.28. The van der Waals surface area contributed by atoms with Crippen LogP contribution in [0.3, 0.4) is 0 Å². The lowest BCUT2D eigenvalue weighted by Crippen LogP contribution is -2.28. The second-order valence-electron chi connectivity index (χ2n) is 5.08. The molecule has 0 radical (unpaired) electrons. The minimum absolute atomic E-state index is 0.0864. The van der Waals surface area contributed by atoms with Crippen LogP contribution in [0.5, 0.6) is 0 Å². The summed E-state index contributed by atoms with van der Waals surface area (Å²) in [5.74, 6) is 0. The van der Waals surface area contributed by atoms with Crippen LogP contribution < -0.4 is 5.32 Å². The fourth-order valence-corrected chi connectivity index (χ4v) is 1.97. The highest BCUT2D eigenvalue weighted by molar-refractivity contribution is 5.67. The minimum Gasteiger partial charge on any atom is -0.445 e. The molecule has 1 atom stereocenters. The largest absolute Gasteiger partial charge is 0.445 e. The number of amides is 1. The van der Waals surface area contributed by atoms with Gasteiger partial charge in [0.25, 0.3) is 0 Å². The van der Waals surface area contributed by atoms with E-state index in [1.54, 1.807) is 12.1 Å². The second kappa shape index (κ2) is 7.83. The lowest BCUT2D eigenvalue weighted by molar-refractivity contribution is -0.137. The molecule has 0 aliphatic heterocycles. The second-order valence-corrected chi connectivity index (χ2v) is 5.08. The minimum atomic E-state index is -4.43. The molecule has 0 aromatic heterocycles. The number of alkyl carbamates (subject to hydrolysis) is 1. The van der Waals surface area contributed by atoms with Crippen LogP contribution >= 0.6 is 0 Å². The van der Waals surface area contributed by atoms with Gasteiger partial charge in [-0.1, -0.05) is 42.5 Å². The third kappa shape index (κ3) is 5.27. The molecule has 0 aliphatic carbocycles. The summed E-state index contributed by atoms with van der Waals surface area (Å²) in [5.41, 5.74) is 0.288. The number of halogens is 3. The highest BCUT2D eigenvalue weighted by atomic mass is 19.4. The van der Waals surface area contributed by atoms with Crippen LogP contribution in [0.4, 0.5) is 18.0 Å². The number of benzene rings is 2. The van der Waals surface area contributed by atoms with Crippen molar-refractivity contribution in [3.05, 3.63) is 71.3 Å². The van der Waals surface area contributed by atoms with E-state index in [0.717, 1.165) is 17.7 Å². The molecule has 4 nitrogen and oxygen atoms in total. The van der Waals surface area contributed by atoms with Gasteiger partial charge >= 0.3 is 12.3 Å². The number of ether oxygens (including phenoxy) is 1. The molecule has 0 saturated carbocycles. The van der Waals surface area contributed by atoms with Crippen LogP contribution in [-0.2, 0) is 17.5 Å². The average Bonchev–Trinajstić information content (AvgIpc) is 2.58. The van der Waals surface area contributed by atoms with E-state index in [0.29, 0.717) is 0 Å². The molecule has 0 bridgehead atoms. The first-order valence-corrected chi connectivity index (χ1v) is 7.16. The van der Waals surface area contributed by atoms with Gasteiger partial charge in [-0.15, -0.1) is 0 Å². The van der Waals surface area contributed by atoms with Gasteiger partial charge < -0.3 is 15.2 Å². The quantitative estimate of drug-likeness (QED) is 0.874. The summed E-state index contributed by atoms with van der Waals surface area (Å²) < 4.78 is 42.4. The molecule has 0 aliphatic rings. The number of alkyl halides is 3. The van der Waals surface area contributed by atoms with Gasteiger partial charge in [0.15, 0.2) is 0 Å². The molecule has 24 heavy (non-hydrogen) atoms. The van der Waals surface area contributed by atoms with Crippen molar-refractivity contribution < 1.29 is 27.8 Å². The van der Waals surface area contributed by atoms with Gasteiger partial charge in [0.1, 0.15) is 6.61 Å². The van der Waals surface area contributed by atoms with E-state index in [-0.39, 0.29) is 18.7 Å². The molecule has 0 heterocycles. The van der Waals surface area contributed by atoms with Crippen molar-refractivity contribution in [2.45, 2.75) is 18.9 Å². The Morgan fingerprint density at radius 3 is 2.29 bits per heavy atom. The van der Waals surface area contributed by atoms with Crippen molar-refractivity contribution >= 4 is 6.09 Å². The Balaban J connectivity index is 1.80. The molecule has 0 spiro atoms. The Morgan fingerprint density at radius 1 is 1.08 bits per heavy atom. The molecule has 2 aromatic rings. The zero-order valence-corrected chi connectivity index (χ0v) is 12.6. The monoisotopic (exact) mass is 339 g/mol. The Labute approximate surface area is 136 Å². The number of hydrogen-bond donors (Lipinski definition) is 2. The topological polar surface area (TPSA) is 58.6 Å². The zero-order valence-electron chi connectivity index (χ0n) is 12.6. The summed E-state index contributed by atoms with van der Waals surface area (Å²) in [5, 5.41) is 12.3. The van der Waals surface area contributed by atoms with Crippen LogP contribution in [0, 0.1) is 0 Å². The summed E-state index contributed by atoms with van der Waals surface area (Å²) in [6, 6.07) is 13.2. The Bertz CT molecular complexity index is 657. The number of rotatable bonds is 5. The van der Waals surface area contributed by atoms with Crippen LogP contribution in [0.15, 0.2) is 54.6 Å².